The maximum Gasteiger partial charge on any atom is 0.271 e. The van der Waals surface area contributed by atoms with E-state index in [4.69, 9.17) is 0 Å². The molecule has 0 unspecified atom stereocenters. The van der Waals surface area contributed by atoms with Crippen molar-refractivity contribution < 1.29 is 4.79 Å². The zero-order valence-electron chi connectivity index (χ0n) is 13.3. The van der Waals surface area contributed by atoms with Gasteiger partial charge in [0.05, 0.1) is 12.1 Å². The number of aromatic nitrogens is 5. The summed E-state index contributed by atoms with van der Waals surface area (Å²) in [6, 6.07) is 11.5. The number of rotatable bonds is 4. The predicted molar refractivity (Wildman–Crippen MR) is 85.9 cm³/mol. The van der Waals surface area contributed by atoms with Gasteiger partial charge >= 0.3 is 0 Å². The van der Waals surface area contributed by atoms with Crippen molar-refractivity contribution in [3.8, 4) is 5.95 Å². The lowest BCUT2D eigenvalue weighted by Crippen LogP contribution is -2.28. The monoisotopic (exact) mass is 310 g/mol. The standard InChI is InChI=1S/C16H18N6O/c1-11-9-12(2)21(19-11)16-18-17-13(3)22(16)20-15(23)10-14-7-5-4-6-8-14/h4-9H,10H2,1-3H3,(H,20,23). The Labute approximate surface area is 133 Å². The van der Waals surface area contributed by atoms with Crippen molar-refractivity contribution in [2.45, 2.75) is 27.2 Å². The highest BCUT2D eigenvalue weighted by Crippen LogP contribution is 2.10. The van der Waals surface area contributed by atoms with Gasteiger partial charge < -0.3 is 0 Å². The van der Waals surface area contributed by atoms with Crippen LogP contribution in [0, 0.1) is 20.8 Å². The number of carbonyl (C=O) groups excluding carboxylic acids is 1. The molecule has 1 aromatic carbocycles. The largest absolute Gasteiger partial charge is 0.273 e. The van der Waals surface area contributed by atoms with Crippen LogP contribution in [-0.2, 0) is 11.2 Å². The molecule has 118 valence electrons. The number of carbonyl (C=O) groups is 1. The minimum atomic E-state index is -0.137. The zero-order valence-corrected chi connectivity index (χ0v) is 13.3. The van der Waals surface area contributed by atoms with E-state index < -0.39 is 0 Å². The molecule has 3 rings (SSSR count). The second kappa shape index (κ2) is 6.04. The maximum atomic E-state index is 12.3. The van der Waals surface area contributed by atoms with Crippen LogP contribution in [0.2, 0.25) is 0 Å². The number of hydrogen-bond acceptors (Lipinski definition) is 4. The summed E-state index contributed by atoms with van der Waals surface area (Å²) in [5, 5.41) is 12.5. The Hall–Kier alpha value is -2.96. The van der Waals surface area contributed by atoms with E-state index in [1.807, 2.05) is 50.2 Å². The number of nitrogens with one attached hydrogen (secondary N) is 1. The first-order chi connectivity index (χ1) is 11.0. The number of nitrogens with zero attached hydrogens (tertiary/aromatic N) is 5. The third-order valence-corrected chi connectivity index (χ3v) is 3.45. The summed E-state index contributed by atoms with van der Waals surface area (Å²) in [4.78, 5) is 12.3. The van der Waals surface area contributed by atoms with E-state index in [9.17, 15) is 4.79 Å². The lowest BCUT2D eigenvalue weighted by atomic mass is 10.1. The maximum absolute atomic E-state index is 12.3. The van der Waals surface area contributed by atoms with Crippen LogP contribution in [0.1, 0.15) is 22.8 Å². The van der Waals surface area contributed by atoms with Gasteiger partial charge in [-0.1, -0.05) is 30.3 Å². The summed E-state index contributed by atoms with van der Waals surface area (Å²) in [6.07, 6.45) is 0.287. The Kier molecular flexibility index (Phi) is 3.92. The molecular formula is C16H18N6O. The van der Waals surface area contributed by atoms with Crippen LogP contribution in [0.5, 0.6) is 0 Å². The van der Waals surface area contributed by atoms with Gasteiger partial charge in [0.1, 0.15) is 0 Å². The van der Waals surface area contributed by atoms with Gasteiger partial charge in [0, 0.05) is 5.69 Å². The van der Waals surface area contributed by atoms with Crippen molar-refractivity contribution in [1.82, 2.24) is 24.7 Å². The first-order valence-corrected chi connectivity index (χ1v) is 7.34. The third kappa shape index (κ3) is 3.13. The van der Waals surface area contributed by atoms with E-state index in [1.54, 1.807) is 16.3 Å². The Balaban J connectivity index is 1.85. The molecule has 7 nitrogen and oxygen atoms in total. The average Bonchev–Trinajstić information content (AvgIpc) is 3.03. The highest BCUT2D eigenvalue weighted by atomic mass is 16.2. The summed E-state index contributed by atoms with van der Waals surface area (Å²) in [5.74, 6) is 0.922. The van der Waals surface area contributed by atoms with Gasteiger partial charge in [0.15, 0.2) is 5.82 Å². The Morgan fingerprint density at radius 1 is 1.13 bits per heavy atom. The molecule has 0 saturated carbocycles. The highest BCUT2D eigenvalue weighted by molar-refractivity contribution is 5.86. The molecule has 0 fully saturated rings. The molecule has 0 aliphatic rings. The number of hydrogen-bond donors (Lipinski definition) is 1. The van der Waals surface area contributed by atoms with Crippen molar-refractivity contribution in [3.63, 3.8) is 0 Å². The van der Waals surface area contributed by atoms with Gasteiger partial charge in [-0.2, -0.15) is 5.10 Å². The van der Waals surface area contributed by atoms with E-state index >= 15 is 0 Å². The van der Waals surface area contributed by atoms with Crippen molar-refractivity contribution >= 4 is 5.91 Å². The third-order valence-electron chi connectivity index (χ3n) is 3.45. The van der Waals surface area contributed by atoms with Crippen LogP contribution in [0.3, 0.4) is 0 Å². The molecule has 7 heteroatoms. The predicted octanol–water partition coefficient (Wildman–Crippen LogP) is 1.70. The fraction of sp³-hybridized carbons (Fsp3) is 0.250. The van der Waals surface area contributed by atoms with Crippen LogP contribution in [0.4, 0.5) is 0 Å². The number of aryl methyl sites for hydroxylation is 3. The Morgan fingerprint density at radius 2 is 1.87 bits per heavy atom. The lowest BCUT2D eigenvalue weighted by molar-refractivity contribution is -0.116. The van der Waals surface area contributed by atoms with Crippen LogP contribution >= 0.6 is 0 Å². The normalized spacial score (nSPS) is 10.7. The second-order valence-corrected chi connectivity index (χ2v) is 5.42. The minimum absolute atomic E-state index is 0.137. The van der Waals surface area contributed by atoms with Gasteiger partial charge in [-0.05, 0) is 32.4 Å². The van der Waals surface area contributed by atoms with E-state index in [0.29, 0.717) is 11.8 Å². The van der Waals surface area contributed by atoms with Crippen LogP contribution in [0.15, 0.2) is 36.4 Å². The van der Waals surface area contributed by atoms with E-state index in [2.05, 4.69) is 20.7 Å². The first kappa shape index (κ1) is 15.0. The summed E-state index contributed by atoms with van der Waals surface area (Å²) < 4.78 is 3.23. The average molecular weight is 310 g/mol. The minimum Gasteiger partial charge on any atom is -0.273 e. The highest BCUT2D eigenvalue weighted by Gasteiger charge is 2.16. The van der Waals surface area contributed by atoms with E-state index in [-0.39, 0.29) is 12.3 Å². The van der Waals surface area contributed by atoms with Crippen LogP contribution < -0.4 is 5.43 Å². The smallest absolute Gasteiger partial charge is 0.271 e. The van der Waals surface area contributed by atoms with Crippen molar-refractivity contribution in [2.75, 3.05) is 5.43 Å². The van der Waals surface area contributed by atoms with Crippen LogP contribution in [-0.4, -0.2) is 30.6 Å². The quantitative estimate of drug-likeness (QED) is 0.795. The zero-order chi connectivity index (χ0) is 16.4. The van der Waals surface area contributed by atoms with Gasteiger partial charge in [0.25, 0.3) is 5.95 Å². The molecule has 3 aromatic rings. The fourth-order valence-electron chi connectivity index (χ4n) is 2.40. The molecule has 23 heavy (non-hydrogen) atoms. The van der Waals surface area contributed by atoms with Gasteiger partial charge in [-0.15, -0.1) is 10.2 Å². The summed E-state index contributed by atoms with van der Waals surface area (Å²) >= 11 is 0. The molecule has 0 spiro atoms. The molecule has 1 amide bonds. The molecule has 0 bridgehead atoms. The van der Waals surface area contributed by atoms with Gasteiger partial charge in [-0.25, -0.2) is 9.36 Å². The molecule has 0 saturated heterocycles. The first-order valence-electron chi connectivity index (χ1n) is 7.34. The molecule has 0 aliphatic carbocycles. The second-order valence-electron chi connectivity index (χ2n) is 5.42. The Morgan fingerprint density at radius 3 is 2.52 bits per heavy atom. The Bertz CT molecular complexity index is 834. The van der Waals surface area contributed by atoms with Crippen molar-refractivity contribution in [3.05, 3.63) is 59.2 Å². The molecule has 2 heterocycles. The lowest BCUT2D eigenvalue weighted by Gasteiger charge is -2.11. The molecule has 1 N–H and O–H groups in total. The van der Waals surface area contributed by atoms with Gasteiger partial charge in [0.2, 0.25) is 5.91 Å². The molecule has 0 radical (unpaired) electrons. The van der Waals surface area contributed by atoms with Gasteiger partial charge in [-0.3, -0.25) is 10.2 Å². The summed E-state index contributed by atoms with van der Waals surface area (Å²) in [7, 11) is 0. The molecule has 0 aliphatic heterocycles. The SMILES string of the molecule is Cc1cc(C)n(-c2nnc(C)n2NC(=O)Cc2ccccc2)n1. The summed E-state index contributed by atoms with van der Waals surface area (Å²) in [6.45, 7) is 5.62. The van der Waals surface area contributed by atoms with E-state index in [1.165, 1.54) is 0 Å². The number of amides is 1. The van der Waals surface area contributed by atoms with Crippen LogP contribution in [0.25, 0.3) is 5.95 Å². The fourth-order valence-corrected chi connectivity index (χ4v) is 2.40. The molecule has 2 aromatic heterocycles. The van der Waals surface area contributed by atoms with Crippen molar-refractivity contribution in [2.24, 2.45) is 0 Å². The van der Waals surface area contributed by atoms with E-state index in [0.717, 1.165) is 17.0 Å². The number of benzene rings is 1. The molecule has 0 atom stereocenters. The summed E-state index contributed by atoms with van der Waals surface area (Å²) in [5.41, 5.74) is 5.59. The van der Waals surface area contributed by atoms with Crippen molar-refractivity contribution in [1.29, 1.82) is 0 Å². The topological polar surface area (TPSA) is 77.6 Å². The molecular weight excluding hydrogens is 292 g/mol.